The number of hydrogen-bond acceptors (Lipinski definition) is 4. The quantitative estimate of drug-likeness (QED) is 0.564. The zero-order chi connectivity index (χ0) is 14.3. The van der Waals surface area contributed by atoms with Crippen molar-refractivity contribution >= 4 is 33.9 Å². The van der Waals surface area contributed by atoms with Gasteiger partial charge in [-0.05, 0) is 37.3 Å². The Morgan fingerprint density at radius 2 is 2.15 bits per heavy atom. The van der Waals surface area contributed by atoms with E-state index < -0.39 is 0 Å². The number of rotatable bonds is 3. The first kappa shape index (κ1) is 13.6. The van der Waals surface area contributed by atoms with Gasteiger partial charge in [-0.15, -0.1) is 11.3 Å². The Kier molecular flexibility index (Phi) is 3.52. The lowest BCUT2D eigenvalue weighted by atomic mass is 10.1. The van der Waals surface area contributed by atoms with Crippen molar-refractivity contribution in [3.8, 4) is 0 Å². The molecule has 0 amide bonds. The Morgan fingerprint density at radius 3 is 2.80 bits per heavy atom. The molecule has 1 atom stereocenters. The van der Waals surface area contributed by atoms with Gasteiger partial charge in [-0.25, -0.2) is 9.82 Å². The average molecular weight is 311 g/mol. The summed E-state index contributed by atoms with van der Waals surface area (Å²) in [5.41, 5.74) is 4.24. The average Bonchev–Trinajstić information content (AvgIpc) is 2.97. The van der Waals surface area contributed by atoms with Crippen molar-refractivity contribution in [2.45, 2.75) is 13.0 Å². The third-order valence-electron chi connectivity index (χ3n) is 3.24. The summed E-state index contributed by atoms with van der Waals surface area (Å²) < 4.78 is 19.8. The number of fused-ring (bicyclic) bond motifs is 1. The highest BCUT2D eigenvalue weighted by molar-refractivity contribution is 7.16. The molecule has 0 spiro atoms. The molecule has 20 heavy (non-hydrogen) atoms. The zero-order valence-corrected chi connectivity index (χ0v) is 12.2. The fourth-order valence-electron chi connectivity index (χ4n) is 2.26. The lowest BCUT2D eigenvalue weighted by molar-refractivity contribution is 0.477. The maximum atomic E-state index is 13.3. The largest absolute Gasteiger partial charge is 0.459 e. The molecule has 0 aliphatic carbocycles. The van der Waals surface area contributed by atoms with Crippen LogP contribution in [0.3, 0.4) is 0 Å². The molecule has 0 aliphatic heterocycles. The number of hydrogen-bond donors (Lipinski definition) is 2. The monoisotopic (exact) mass is 310 g/mol. The van der Waals surface area contributed by atoms with Crippen LogP contribution in [-0.4, -0.2) is 0 Å². The summed E-state index contributed by atoms with van der Waals surface area (Å²) in [6, 6.07) is 7.86. The standard InChI is InChI=1S/C14H12ClFN2OS/c1-7-9-6-8(16)2-3-10(9)19-14(7)13(18-17)11-4-5-12(15)20-11/h2-6,13,18H,17H2,1H3. The maximum absolute atomic E-state index is 13.3. The SMILES string of the molecule is Cc1c(C(NN)c2ccc(Cl)s2)oc2ccc(F)cc12. The molecule has 3 aromatic rings. The molecule has 6 heteroatoms. The van der Waals surface area contributed by atoms with E-state index in [-0.39, 0.29) is 11.9 Å². The van der Waals surface area contributed by atoms with Gasteiger partial charge in [0.2, 0.25) is 0 Å². The summed E-state index contributed by atoms with van der Waals surface area (Å²) in [4.78, 5) is 0.945. The van der Waals surface area contributed by atoms with Crippen molar-refractivity contribution in [3.05, 3.63) is 56.7 Å². The molecular weight excluding hydrogens is 299 g/mol. The second-order valence-corrected chi connectivity index (χ2v) is 6.22. The number of thiophene rings is 1. The molecule has 1 aromatic carbocycles. The van der Waals surface area contributed by atoms with Crippen LogP contribution in [0.2, 0.25) is 4.34 Å². The fraction of sp³-hybridized carbons (Fsp3) is 0.143. The summed E-state index contributed by atoms with van der Waals surface area (Å²) in [6.07, 6.45) is 0. The van der Waals surface area contributed by atoms with Gasteiger partial charge in [0, 0.05) is 15.8 Å². The van der Waals surface area contributed by atoms with Gasteiger partial charge in [-0.2, -0.15) is 0 Å². The molecule has 3 rings (SSSR count). The van der Waals surface area contributed by atoms with Crippen molar-refractivity contribution in [1.82, 2.24) is 5.43 Å². The Bertz CT molecular complexity index is 768. The number of benzene rings is 1. The summed E-state index contributed by atoms with van der Waals surface area (Å²) in [5.74, 6) is 6.03. The van der Waals surface area contributed by atoms with Crippen LogP contribution in [-0.2, 0) is 0 Å². The number of nitrogens with two attached hydrogens (primary N) is 1. The first-order valence-electron chi connectivity index (χ1n) is 6.00. The van der Waals surface area contributed by atoms with Gasteiger partial charge in [0.15, 0.2) is 0 Å². The summed E-state index contributed by atoms with van der Waals surface area (Å²) in [7, 11) is 0. The van der Waals surface area contributed by atoms with E-state index in [1.54, 1.807) is 6.07 Å². The summed E-state index contributed by atoms with van der Waals surface area (Å²) in [5, 5.41) is 0.753. The van der Waals surface area contributed by atoms with E-state index in [0.29, 0.717) is 15.7 Å². The lowest BCUT2D eigenvalue weighted by Crippen LogP contribution is -2.28. The van der Waals surface area contributed by atoms with Gasteiger partial charge >= 0.3 is 0 Å². The van der Waals surface area contributed by atoms with Crippen LogP contribution in [0.1, 0.15) is 22.2 Å². The molecule has 2 heterocycles. The third kappa shape index (κ3) is 2.23. The van der Waals surface area contributed by atoms with Gasteiger partial charge in [0.05, 0.1) is 4.34 Å². The molecule has 3 nitrogen and oxygen atoms in total. The van der Waals surface area contributed by atoms with Gasteiger partial charge in [-0.1, -0.05) is 11.6 Å². The Labute approximate surface area is 124 Å². The fourth-order valence-corrected chi connectivity index (χ4v) is 3.38. The number of halogens is 2. The van der Waals surface area contributed by atoms with Crippen LogP contribution in [0.4, 0.5) is 4.39 Å². The van der Waals surface area contributed by atoms with Crippen LogP contribution in [0.25, 0.3) is 11.0 Å². The van der Waals surface area contributed by atoms with E-state index in [0.717, 1.165) is 15.8 Å². The van der Waals surface area contributed by atoms with Crippen molar-refractivity contribution in [2.24, 2.45) is 5.84 Å². The topological polar surface area (TPSA) is 51.2 Å². The van der Waals surface area contributed by atoms with Crippen LogP contribution < -0.4 is 11.3 Å². The zero-order valence-electron chi connectivity index (χ0n) is 10.6. The minimum Gasteiger partial charge on any atom is -0.459 e. The summed E-state index contributed by atoms with van der Waals surface area (Å²) >= 11 is 7.38. The molecule has 0 fully saturated rings. The molecule has 0 saturated carbocycles. The van der Waals surface area contributed by atoms with E-state index in [2.05, 4.69) is 5.43 Å². The Balaban J connectivity index is 2.14. The molecule has 0 bridgehead atoms. The van der Waals surface area contributed by atoms with Crippen LogP contribution in [0.15, 0.2) is 34.7 Å². The number of hydrazine groups is 1. The normalized spacial score (nSPS) is 13.0. The molecule has 2 aromatic heterocycles. The molecular formula is C14H12ClFN2OS. The lowest BCUT2D eigenvalue weighted by Gasteiger charge is -2.12. The number of aryl methyl sites for hydroxylation is 1. The van der Waals surface area contributed by atoms with Gasteiger partial charge in [0.1, 0.15) is 23.2 Å². The number of furan rings is 1. The first-order chi connectivity index (χ1) is 9.60. The highest BCUT2D eigenvalue weighted by Gasteiger charge is 2.22. The molecule has 0 radical (unpaired) electrons. The molecule has 3 N–H and O–H groups in total. The smallest absolute Gasteiger partial charge is 0.134 e. The van der Waals surface area contributed by atoms with Crippen LogP contribution in [0.5, 0.6) is 0 Å². The first-order valence-corrected chi connectivity index (χ1v) is 7.19. The highest BCUT2D eigenvalue weighted by atomic mass is 35.5. The van der Waals surface area contributed by atoms with Crippen molar-refractivity contribution < 1.29 is 8.81 Å². The highest BCUT2D eigenvalue weighted by Crippen LogP contribution is 2.36. The second kappa shape index (κ2) is 5.18. The molecule has 0 saturated heterocycles. The van der Waals surface area contributed by atoms with Gasteiger partial charge in [-0.3, -0.25) is 5.84 Å². The van der Waals surface area contributed by atoms with Gasteiger partial charge < -0.3 is 4.42 Å². The van der Waals surface area contributed by atoms with Crippen molar-refractivity contribution in [1.29, 1.82) is 0 Å². The Morgan fingerprint density at radius 1 is 1.35 bits per heavy atom. The van der Waals surface area contributed by atoms with E-state index in [1.807, 2.05) is 19.1 Å². The van der Waals surface area contributed by atoms with Gasteiger partial charge in [0.25, 0.3) is 0 Å². The van der Waals surface area contributed by atoms with E-state index in [9.17, 15) is 4.39 Å². The van der Waals surface area contributed by atoms with Crippen molar-refractivity contribution in [3.63, 3.8) is 0 Å². The minimum absolute atomic E-state index is 0.288. The van der Waals surface area contributed by atoms with Crippen LogP contribution >= 0.6 is 22.9 Å². The molecule has 104 valence electrons. The van der Waals surface area contributed by atoms with E-state index in [4.69, 9.17) is 21.9 Å². The second-order valence-electron chi connectivity index (χ2n) is 4.47. The predicted molar refractivity (Wildman–Crippen MR) is 79.4 cm³/mol. The third-order valence-corrected chi connectivity index (χ3v) is 4.54. The van der Waals surface area contributed by atoms with Crippen LogP contribution in [0, 0.1) is 12.7 Å². The van der Waals surface area contributed by atoms with E-state index in [1.165, 1.54) is 23.5 Å². The molecule has 0 aliphatic rings. The predicted octanol–water partition coefficient (Wildman–Crippen LogP) is 4.15. The van der Waals surface area contributed by atoms with E-state index >= 15 is 0 Å². The van der Waals surface area contributed by atoms with Crippen molar-refractivity contribution in [2.75, 3.05) is 0 Å². The minimum atomic E-state index is -0.303. The number of nitrogens with one attached hydrogen (secondary N) is 1. The Hall–Kier alpha value is -1.40. The summed E-state index contributed by atoms with van der Waals surface area (Å²) in [6.45, 7) is 1.89. The maximum Gasteiger partial charge on any atom is 0.134 e. The molecule has 1 unspecified atom stereocenters.